The second-order valence-electron chi connectivity index (χ2n) is 6.06. The fourth-order valence-corrected chi connectivity index (χ4v) is 3.33. The summed E-state index contributed by atoms with van der Waals surface area (Å²) in [7, 11) is 0. The maximum atomic E-state index is 3.51. The Kier molecular flexibility index (Phi) is 4.85. The summed E-state index contributed by atoms with van der Waals surface area (Å²) in [6, 6.07) is 38.0. The van der Waals surface area contributed by atoms with E-state index in [-0.39, 0.29) is 0 Å². The molecule has 2 heteroatoms. The number of hydrogen-bond donors (Lipinski definition) is 0. The lowest BCUT2D eigenvalue weighted by Gasteiger charge is -2.25. The van der Waals surface area contributed by atoms with Crippen molar-refractivity contribution in [3.05, 3.63) is 114 Å². The number of rotatable bonds is 4. The van der Waals surface area contributed by atoms with Gasteiger partial charge in [0.1, 0.15) is 0 Å². The summed E-state index contributed by atoms with van der Waals surface area (Å²) >= 11 is 3.51. The third-order valence-electron chi connectivity index (χ3n) is 4.31. The molecule has 0 aliphatic heterocycles. The number of nitrogens with zero attached hydrogens (tertiary/aromatic N) is 1. The molecule has 0 saturated heterocycles. The summed E-state index contributed by atoms with van der Waals surface area (Å²) in [4.78, 5) is 2.28. The van der Waals surface area contributed by atoms with Gasteiger partial charge >= 0.3 is 0 Å². The third-order valence-corrected chi connectivity index (χ3v) is 4.84. The van der Waals surface area contributed by atoms with Gasteiger partial charge in [0.25, 0.3) is 0 Å². The van der Waals surface area contributed by atoms with Gasteiger partial charge in [0.15, 0.2) is 0 Å². The van der Waals surface area contributed by atoms with Crippen LogP contribution in [-0.2, 0) is 0 Å². The molecule has 26 heavy (non-hydrogen) atoms. The Morgan fingerprint density at radius 1 is 0.462 bits per heavy atom. The zero-order valence-electron chi connectivity index (χ0n) is 14.2. The number of benzene rings is 4. The first-order valence-corrected chi connectivity index (χ1v) is 9.37. The van der Waals surface area contributed by atoms with E-state index in [2.05, 4.69) is 118 Å². The zero-order chi connectivity index (χ0) is 17.8. The van der Waals surface area contributed by atoms with Crippen molar-refractivity contribution >= 4 is 33.0 Å². The lowest BCUT2D eigenvalue weighted by atomic mass is 10.0. The van der Waals surface area contributed by atoms with Gasteiger partial charge < -0.3 is 4.90 Å². The predicted octanol–water partition coefficient (Wildman–Crippen LogP) is 7.59. The van der Waals surface area contributed by atoms with E-state index >= 15 is 0 Å². The van der Waals surface area contributed by atoms with E-state index in [1.165, 1.54) is 11.1 Å². The Balaban J connectivity index is 1.82. The minimum atomic E-state index is 1.09. The fourth-order valence-electron chi connectivity index (χ4n) is 3.07. The van der Waals surface area contributed by atoms with E-state index < -0.39 is 0 Å². The van der Waals surface area contributed by atoms with Crippen LogP contribution in [0.15, 0.2) is 114 Å². The highest BCUT2D eigenvalue weighted by molar-refractivity contribution is 9.10. The maximum absolute atomic E-state index is 3.51. The molecule has 0 aliphatic carbocycles. The highest BCUT2D eigenvalue weighted by Gasteiger charge is 2.12. The first kappa shape index (κ1) is 16.6. The van der Waals surface area contributed by atoms with Gasteiger partial charge in [0.2, 0.25) is 0 Å². The van der Waals surface area contributed by atoms with Crippen LogP contribution in [0, 0.1) is 0 Å². The highest BCUT2D eigenvalue weighted by atomic mass is 79.9. The topological polar surface area (TPSA) is 3.24 Å². The monoisotopic (exact) mass is 399 g/mol. The van der Waals surface area contributed by atoms with E-state index in [9.17, 15) is 0 Å². The van der Waals surface area contributed by atoms with Gasteiger partial charge in [-0.15, -0.1) is 0 Å². The average Bonchev–Trinajstić information content (AvgIpc) is 2.71. The molecule has 0 aromatic heterocycles. The molecule has 0 spiro atoms. The number of halogens is 1. The lowest BCUT2D eigenvalue weighted by Crippen LogP contribution is -2.09. The Hall–Kier alpha value is -2.84. The quantitative estimate of drug-likeness (QED) is 0.341. The van der Waals surface area contributed by atoms with Crippen molar-refractivity contribution in [2.24, 2.45) is 0 Å². The smallest absolute Gasteiger partial charge is 0.0467 e. The number of anilines is 3. The summed E-state index contributed by atoms with van der Waals surface area (Å²) in [6.45, 7) is 0. The fraction of sp³-hybridized carbons (Fsp3) is 0. The first-order valence-electron chi connectivity index (χ1n) is 8.57. The van der Waals surface area contributed by atoms with Crippen molar-refractivity contribution in [3.8, 4) is 11.1 Å². The van der Waals surface area contributed by atoms with Gasteiger partial charge in [0, 0.05) is 21.5 Å². The second kappa shape index (κ2) is 7.59. The minimum absolute atomic E-state index is 1.09. The Bertz CT molecular complexity index is 940. The van der Waals surface area contributed by atoms with Crippen LogP contribution in [0.1, 0.15) is 0 Å². The van der Waals surface area contributed by atoms with Crippen LogP contribution in [0.2, 0.25) is 0 Å². The SMILES string of the molecule is Brc1ccc(-c2cccc(N(c3ccccc3)c3ccccc3)c2)cc1. The maximum Gasteiger partial charge on any atom is 0.0467 e. The Morgan fingerprint density at radius 3 is 1.58 bits per heavy atom. The predicted molar refractivity (Wildman–Crippen MR) is 114 cm³/mol. The van der Waals surface area contributed by atoms with Gasteiger partial charge in [-0.3, -0.25) is 0 Å². The first-order chi connectivity index (χ1) is 12.8. The molecule has 4 rings (SSSR count). The summed E-state index contributed by atoms with van der Waals surface area (Å²) in [5.74, 6) is 0. The number of para-hydroxylation sites is 2. The van der Waals surface area contributed by atoms with Gasteiger partial charge in [-0.25, -0.2) is 0 Å². The van der Waals surface area contributed by atoms with Gasteiger partial charge in [-0.1, -0.05) is 76.6 Å². The van der Waals surface area contributed by atoms with Crippen molar-refractivity contribution in [3.63, 3.8) is 0 Å². The molecule has 126 valence electrons. The molecular weight excluding hydrogens is 382 g/mol. The molecular formula is C24H18BrN. The Morgan fingerprint density at radius 2 is 1.00 bits per heavy atom. The number of hydrogen-bond acceptors (Lipinski definition) is 1. The molecule has 1 nitrogen and oxygen atoms in total. The Labute approximate surface area is 162 Å². The molecule has 0 amide bonds. The average molecular weight is 400 g/mol. The van der Waals surface area contributed by atoms with Crippen LogP contribution in [0.3, 0.4) is 0 Å². The van der Waals surface area contributed by atoms with Crippen LogP contribution >= 0.6 is 15.9 Å². The summed E-state index contributed by atoms with van der Waals surface area (Å²) in [6.07, 6.45) is 0. The van der Waals surface area contributed by atoms with Crippen molar-refractivity contribution in [2.75, 3.05) is 4.90 Å². The molecule has 0 N–H and O–H groups in total. The minimum Gasteiger partial charge on any atom is -0.310 e. The van der Waals surface area contributed by atoms with Crippen LogP contribution in [0.5, 0.6) is 0 Å². The molecule has 0 atom stereocenters. The lowest BCUT2D eigenvalue weighted by molar-refractivity contribution is 1.28. The van der Waals surface area contributed by atoms with Crippen molar-refractivity contribution < 1.29 is 0 Å². The largest absolute Gasteiger partial charge is 0.310 e. The van der Waals surface area contributed by atoms with Crippen LogP contribution in [-0.4, -0.2) is 0 Å². The third kappa shape index (κ3) is 3.56. The van der Waals surface area contributed by atoms with Crippen LogP contribution in [0.25, 0.3) is 11.1 Å². The van der Waals surface area contributed by atoms with Crippen LogP contribution in [0.4, 0.5) is 17.1 Å². The molecule has 0 unspecified atom stereocenters. The summed E-state index contributed by atoms with van der Waals surface area (Å²) < 4.78 is 1.09. The van der Waals surface area contributed by atoms with E-state index in [0.717, 1.165) is 21.5 Å². The van der Waals surface area contributed by atoms with Crippen molar-refractivity contribution in [1.29, 1.82) is 0 Å². The van der Waals surface area contributed by atoms with Crippen molar-refractivity contribution in [2.45, 2.75) is 0 Å². The molecule has 0 aliphatic rings. The highest BCUT2D eigenvalue weighted by Crippen LogP contribution is 2.36. The summed E-state index contributed by atoms with van der Waals surface area (Å²) in [5, 5.41) is 0. The second-order valence-corrected chi connectivity index (χ2v) is 6.98. The van der Waals surface area contributed by atoms with Crippen molar-refractivity contribution in [1.82, 2.24) is 0 Å². The van der Waals surface area contributed by atoms with Crippen LogP contribution < -0.4 is 4.90 Å². The van der Waals surface area contributed by atoms with E-state index in [4.69, 9.17) is 0 Å². The zero-order valence-corrected chi connectivity index (χ0v) is 15.8. The molecule has 4 aromatic carbocycles. The van der Waals surface area contributed by atoms with E-state index in [1.54, 1.807) is 0 Å². The van der Waals surface area contributed by atoms with E-state index in [0.29, 0.717) is 0 Å². The van der Waals surface area contributed by atoms with Gasteiger partial charge in [-0.2, -0.15) is 0 Å². The standard InChI is InChI=1S/C24H18BrN/c25-21-16-14-19(15-17-21)20-8-7-13-24(18-20)26(22-9-3-1-4-10-22)23-11-5-2-6-12-23/h1-18H. The molecule has 0 bridgehead atoms. The molecule has 0 radical (unpaired) electrons. The molecule has 0 fully saturated rings. The van der Waals surface area contributed by atoms with Gasteiger partial charge in [-0.05, 0) is 59.7 Å². The molecule has 0 heterocycles. The van der Waals surface area contributed by atoms with Gasteiger partial charge in [0.05, 0.1) is 0 Å². The normalized spacial score (nSPS) is 10.5. The molecule has 0 saturated carbocycles. The summed E-state index contributed by atoms with van der Waals surface area (Å²) in [5.41, 5.74) is 5.84. The van der Waals surface area contributed by atoms with E-state index in [1.807, 2.05) is 12.1 Å². The molecule has 4 aromatic rings.